The van der Waals surface area contributed by atoms with Crippen molar-refractivity contribution in [3.05, 3.63) is 64.4 Å². The average Bonchev–Trinajstić information content (AvgIpc) is 3.05. The first-order valence-electron chi connectivity index (χ1n) is 7.86. The Kier molecular flexibility index (Phi) is 5.43. The van der Waals surface area contributed by atoms with Crippen LogP contribution in [0.25, 0.3) is 0 Å². The number of nitrogens with one attached hydrogen (secondary N) is 2. The van der Waals surface area contributed by atoms with Crippen molar-refractivity contribution in [3.63, 3.8) is 0 Å². The van der Waals surface area contributed by atoms with E-state index in [1.165, 1.54) is 12.1 Å². The number of hydrogen-bond donors (Lipinski definition) is 2. The third kappa shape index (κ3) is 4.54. The molecule has 2 aromatic carbocycles. The van der Waals surface area contributed by atoms with Crippen molar-refractivity contribution in [2.24, 2.45) is 0 Å². The van der Waals surface area contributed by atoms with Gasteiger partial charge in [-0.1, -0.05) is 29.5 Å². The fourth-order valence-electron chi connectivity index (χ4n) is 2.14. The van der Waals surface area contributed by atoms with Crippen LogP contribution in [0.5, 0.6) is 5.75 Å². The number of anilines is 2. The maximum Gasteiger partial charge on any atom is 0.325 e. The normalized spacial score (nSPS) is 10.4. The highest BCUT2D eigenvalue weighted by Gasteiger charge is 2.10. The summed E-state index contributed by atoms with van der Waals surface area (Å²) in [5.41, 5.74) is 2.93. The molecule has 0 saturated heterocycles. The summed E-state index contributed by atoms with van der Waals surface area (Å²) in [6.07, 6.45) is 0. The van der Waals surface area contributed by atoms with Gasteiger partial charge in [0, 0.05) is 5.69 Å². The smallest absolute Gasteiger partial charge is 0.325 e. The monoisotopic (exact) mass is 372 g/mol. The summed E-state index contributed by atoms with van der Waals surface area (Å²) in [6.45, 7) is 4.05. The standard InChI is InChI=1S/C18H17FN4O2S/c1-11-7-8-13(9-12(11)2)20-17(24)21-18-23-22-16(26-18)10-25-15-6-4-3-5-14(15)19/h3-9H,10H2,1-2H3,(H2,20,21,23,24). The molecule has 0 bridgehead atoms. The number of ether oxygens (including phenoxy) is 1. The van der Waals surface area contributed by atoms with Crippen molar-refractivity contribution >= 4 is 28.2 Å². The second kappa shape index (κ2) is 7.92. The van der Waals surface area contributed by atoms with Crippen LogP contribution in [0, 0.1) is 19.7 Å². The minimum absolute atomic E-state index is 0.0685. The number of carbonyl (C=O) groups is 1. The Balaban J connectivity index is 1.55. The van der Waals surface area contributed by atoms with Gasteiger partial charge in [-0.2, -0.15) is 0 Å². The molecule has 3 rings (SSSR count). The molecule has 0 aliphatic rings. The summed E-state index contributed by atoms with van der Waals surface area (Å²) in [5, 5.41) is 14.0. The zero-order chi connectivity index (χ0) is 18.5. The van der Waals surface area contributed by atoms with Gasteiger partial charge in [-0.3, -0.25) is 5.32 Å². The lowest BCUT2D eigenvalue weighted by Gasteiger charge is -2.07. The Morgan fingerprint density at radius 3 is 2.69 bits per heavy atom. The van der Waals surface area contributed by atoms with Crippen LogP contribution in [0.1, 0.15) is 16.1 Å². The summed E-state index contributed by atoms with van der Waals surface area (Å²) in [5.74, 6) is -0.298. The molecule has 3 aromatic rings. The van der Waals surface area contributed by atoms with E-state index in [0.717, 1.165) is 22.5 Å². The van der Waals surface area contributed by atoms with Crippen LogP contribution in [0.15, 0.2) is 42.5 Å². The molecule has 0 fully saturated rings. The van der Waals surface area contributed by atoms with Crippen LogP contribution in [0.2, 0.25) is 0 Å². The van der Waals surface area contributed by atoms with E-state index in [-0.39, 0.29) is 12.4 Å². The first-order valence-corrected chi connectivity index (χ1v) is 8.68. The van der Waals surface area contributed by atoms with Crippen LogP contribution >= 0.6 is 11.3 Å². The number of urea groups is 1. The van der Waals surface area contributed by atoms with Crippen molar-refractivity contribution < 1.29 is 13.9 Å². The molecule has 1 heterocycles. The molecule has 0 aliphatic heterocycles. The van der Waals surface area contributed by atoms with Crippen molar-refractivity contribution in [1.29, 1.82) is 0 Å². The molecule has 0 spiro atoms. The van der Waals surface area contributed by atoms with Crippen molar-refractivity contribution in [2.75, 3.05) is 10.6 Å². The van der Waals surface area contributed by atoms with Gasteiger partial charge in [-0.05, 0) is 49.2 Å². The lowest BCUT2D eigenvalue weighted by atomic mass is 10.1. The molecule has 0 atom stereocenters. The highest BCUT2D eigenvalue weighted by atomic mass is 32.1. The number of carbonyl (C=O) groups excluding carboxylic acids is 1. The molecular formula is C18H17FN4O2S. The fourth-order valence-corrected chi connectivity index (χ4v) is 2.79. The molecule has 0 saturated carbocycles. The van der Waals surface area contributed by atoms with Gasteiger partial charge in [0.25, 0.3) is 0 Å². The second-order valence-corrected chi connectivity index (χ2v) is 6.66. The number of aromatic nitrogens is 2. The summed E-state index contributed by atoms with van der Waals surface area (Å²) in [7, 11) is 0. The van der Waals surface area contributed by atoms with Crippen LogP contribution in [0.3, 0.4) is 0 Å². The number of hydrogen-bond acceptors (Lipinski definition) is 5. The zero-order valence-corrected chi connectivity index (χ0v) is 15.1. The molecule has 26 heavy (non-hydrogen) atoms. The Morgan fingerprint density at radius 1 is 1.12 bits per heavy atom. The van der Waals surface area contributed by atoms with Gasteiger partial charge in [0.1, 0.15) is 6.61 Å². The topological polar surface area (TPSA) is 76.1 Å². The molecule has 1 aromatic heterocycles. The SMILES string of the molecule is Cc1ccc(NC(=O)Nc2nnc(COc3ccccc3F)s2)cc1C. The molecule has 2 amide bonds. The first-order chi connectivity index (χ1) is 12.5. The highest BCUT2D eigenvalue weighted by Crippen LogP contribution is 2.21. The maximum atomic E-state index is 13.5. The van der Waals surface area contributed by atoms with Crippen LogP contribution in [-0.2, 0) is 6.61 Å². The average molecular weight is 372 g/mol. The lowest BCUT2D eigenvalue weighted by Crippen LogP contribution is -2.19. The fraction of sp³-hybridized carbons (Fsp3) is 0.167. The molecule has 2 N–H and O–H groups in total. The van der Waals surface area contributed by atoms with E-state index < -0.39 is 11.8 Å². The molecule has 0 unspecified atom stereocenters. The number of amides is 2. The second-order valence-electron chi connectivity index (χ2n) is 5.60. The van der Waals surface area contributed by atoms with Gasteiger partial charge < -0.3 is 10.1 Å². The maximum absolute atomic E-state index is 13.5. The van der Waals surface area contributed by atoms with Crippen LogP contribution in [0.4, 0.5) is 20.0 Å². The summed E-state index contributed by atoms with van der Waals surface area (Å²) >= 11 is 1.16. The number of halogens is 1. The summed E-state index contributed by atoms with van der Waals surface area (Å²) in [4.78, 5) is 12.0. The third-order valence-corrected chi connectivity index (χ3v) is 4.45. The number of benzene rings is 2. The molecule has 8 heteroatoms. The van der Waals surface area contributed by atoms with Gasteiger partial charge >= 0.3 is 6.03 Å². The van der Waals surface area contributed by atoms with E-state index in [1.807, 2.05) is 32.0 Å². The van der Waals surface area contributed by atoms with E-state index in [1.54, 1.807) is 12.1 Å². The minimum Gasteiger partial charge on any atom is -0.483 e. The van der Waals surface area contributed by atoms with E-state index in [9.17, 15) is 9.18 Å². The Morgan fingerprint density at radius 2 is 1.92 bits per heavy atom. The Labute approximate surface area is 154 Å². The molecule has 0 aliphatic carbocycles. The summed E-state index contributed by atoms with van der Waals surface area (Å²) in [6, 6.07) is 11.4. The van der Waals surface area contributed by atoms with Gasteiger partial charge in [-0.15, -0.1) is 10.2 Å². The molecular weight excluding hydrogens is 355 g/mol. The lowest BCUT2D eigenvalue weighted by molar-refractivity contribution is 0.262. The van der Waals surface area contributed by atoms with Crippen molar-refractivity contribution in [1.82, 2.24) is 10.2 Å². The highest BCUT2D eigenvalue weighted by molar-refractivity contribution is 7.15. The van der Waals surface area contributed by atoms with Gasteiger partial charge in [0.05, 0.1) is 0 Å². The number of para-hydroxylation sites is 1. The van der Waals surface area contributed by atoms with Crippen LogP contribution < -0.4 is 15.4 Å². The summed E-state index contributed by atoms with van der Waals surface area (Å²) < 4.78 is 18.9. The number of aryl methyl sites for hydroxylation is 2. The van der Waals surface area contributed by atoms with Crippen molar-refractivity contribution in [2.45, 2.75) is 20.5 Å². The Hall–Kier alpha value is -3.00. The Bertz CT molecular complexity index is 929. The number of rotatable bonds is 5. The largest absolute Gasteiger partial charge is 0.483 e. The third-order valence-electron chi connectivity index (χ3n) is 3.64. The van der Waals surface area contributed by atoms with Crippen LogP contribution in [-0.4, -0.2) is 16.2 Å². The first kappa shape index (κ1) is 17.8. The number of nitrogens with zero attached hydrogens (tertiary/aromatic N) is 2. The predicted octanol–water partition coefficient (Wildman–Crippen LogP) is 4.52. The molecule has 134 valence electrons. The van der Waals surface area contributed by atoms with Gasteiger partial charge in [-0.25, -0.2) is 9.18 Å². The van der Waals surface area contributed by atoms with Crippen molar-refractivity contribution in [3.8, 4) is 5.75 Å². The minimum atomic E-state index is -0.442. The van der Waals surface area contributed by atoms with Gasteiger partial charge in [0.15, 0.2) is 16.6 Å². The van der Waals surface area contributed by atoms with E-state index >= 15 is 0 Å². The van der Waals surface area contributed by atoms with E-state index in [0.29, 0.717) is 15.8 Å². The quantitative estimate of drug-likeness (QED) is 0.690. The predicted molar refractivity (Wildman–Crippen MR) is 99.2 cm³/mol. The zero-order valence-electron chi connectivity index (χ0n) is 14.2. The molecule has 0 radical (unpaired) electrons. The van der Waals surface area contributed by atoms with Gasteiger partial charge in [0.2, 0.25) is 5.13 Å². The van der Waals surface area contributed by atoms with E-state index in [2.05, 4.69) is 20.8 Å². The molecule has 6 nitrogen and oxygen atoms in total. The van der Waals surface area contributed by atoms with E-state index in [4.69, 9.17) is 4.74 Å².